The average Bonchev–Trinajstić information content (AvgIpc) is 2.54. The van der Waals surface area contributed by atoms with Crippen LogP contribution in [0.5, 0.6) is 0 Å². The van der Waals surface area contributed by atoms with Gasteiger partial charge in [0.05, 0.1) is 12.4 Å². The highest BCUT2D eigenvalue weighted by molar-refractivity contribution is 6.31. The molecular formula is C16H19ClN4O. The average molecular weight is 319 g/mol. The number of hydrogen-bond donors (Lipinski definition) is 2. The monoisotopic (exact) mass is 318 g/mol. The lowest BCUT2D eigenvalue weighted by Gasteiger charge is -2.11. The first-order valence-corrected chi connectivity index (χ1v) is 7.58. The van der Waals surface area contributed by atoms with Gasteiger partial charge in [0.15, 0.2) is 0 Å². The standard InChI is InChI=1S/C16H19ClN4O/c1-3-11(2)21-16(22)14-9-20-15(10-18-14)19-8-12-6-4-5-7-13(12)17/h4-7,9-11H,3,8H2,1-2H3,(H,19,20)(H,21,22). The minimum atomic E-state index is -0.209. The van der Waals surface area contributed by atoms with Crippen LogP contribution in [0.4, 0.5) is 5.82 Å². The van der Waals surface area contributed by atoms with Crippen LogP contribution in [-0.2, 0) is 6.54 Å². The van der Waals surface area contributed by atoms with E-state index in [-0.39, 0.29) is 11.9 Å². The third-order valence-corrected chi connectivity index (χ3v) is 3.66. The van der Waals surface area contributed by atoms with Crippen LogP contribution in [0.2, 0.25) is 5.02 Å². The molecule has 0 aliphatic carbocycles. The molecule has 1 aromatic heterocycles. The molecule has 0 saturated heterocycles. The Hall–Kier alpha value is -2.14. The van der Waals surface area contributed by atoms with Crippen molar-refractivity contribution in [1.29, 1.82) is 0 Å². The minimum absolute atomic E-state index is 0.118. The second-order valence-corrected chi connectivity index (χ2v) is 5.42. The zero-order chi connectivity index (χ0) is 15.9. The molecule has 1 amide bonds. The fourth-order valence-electron chi connectivity index (χ4n) is 1.76. The molecule has 5 nitrogen and oxygen atoms in total. The van der Waals surface area contributed by atoms with Gasteiger partial charge in [0, 0.05) is 17.6 Å². The largest absolute Gasteiger partial charge is 0.365 e. The van der Waals surface area contributed by atoms with Crippen molar-refractivity contribution >= 4 is 23.3 Å². The van der Waals surface area contributed by atoms with Gasteiger partial charge in [0.1, 0.15) is 11.5 Å². The highest BCUT2D eigenvalue weighted by Crippen LogP contribution is 2.16. The van der Waals surface area contributed by atoms with Crippen LogP contribution in [0.25, 0.3) is 0 Å². The van der Waals surface area contributed by atoms with E-state index in [4.69, 9.17) is 11.6 Å². The zero-order valence-electron chi connectivity index (χ0n) is 12.6. The Morgan fingerprint density at radius 2 is 2.05 bits per heavy atom. The molecule has 2 rings (SSSR count). The first-order chi connectivity index (χ1) is 10.6. The van der Waals surface area contributed by atoms with Crippen molar-refractivity contribution in [3.8, 4) is 0 Å². The minimum Gasteiger partial charge on any atom is -0.365 e. The van der Waals surface area contributed by atoms with Crippen molar-refractivity contribution in [3.63, 3.8) is 0 Å². The third kappa shape index (κ3) is 4.43. The fraction of sp³-hybridized carbons (Fsp3) is 0.312. The molecule has 6 heteroatoms. The predicted octanol–water partition coefficient (Wildman–Crippen LogP) is 3.27. The Labute approximate surface area is 135 Å². The molecule has 116 valence electrons. The summed E-state index contributed by atoms with van der Waals surface area (Å²) in [4.78, 5) is 20.2. The van der Waals surface area contributed by atoms with Gasteiger partial charge in [-0.2, -0.15) is 0 Å². The Morgan fingerprint density at radius 1 is 1.27 bits per heavy atom. The molecule has 0 radical (unpaired) electrons. The number of carbonyl (C=O) groups is 1. The number of benzene rings is 1. The number of hydrogen-bond acceptors (Lipinski definition) is 4. The summed E-state index contributed by atoms with van der Waals surface area (Å²) in [6.45, 7) is 4.51. The summed E-state index contributed by atoms with van der Waals surface area (Å²) in [6, 6.07) is 7.71. The quantitative estimate of drug-likeness (QED) is 0.858. The van der Waals surface area contributed by atoms with E-state index in [1.54, 1.807) is 6.20 Å². The highest BCUT2D eigenvalue weighted by atomic mass is 35.5. The predicted molar refractivity (Wildman–Crippen MR) is 88.0 cm³/mol. The first kappa shape index (κ1) is 16.2. The number of halogens is 1. The molecule has 2 aromatic rings. The van der Waals surface area contributed by atoms with Crippen molar-refractivity contribution in [2.45, 2.75) is 32.9 Å². The summed E-state index contributed by atoms with van der Waals surface area (Å²) >= 11 is 6.09. The van der Waals surface area contributed by atoms with Crippen LogP contribution in [0.1, 0.15) is 36.3 Å². The van der Waals surface area contributed by atoms with Gasteiger partial charge in [0.2, 0.25) is 0 Å². The maximum Gasteiger partial charge on any atom is 0.271 e. The van der Waals surface area contributed by atoms with Crippen molar-refractivity contribution in [1.82, 2.24) is 15.3 Å². The van der Waals surface area contributed by atoms with Crippen molar-refractivity contribution in [3.05, 3.63) is 52.9 Å². The second-order valence-electron chi connectivity index (χ2n) is 5.01. The molecule has 1 heterocycles. The number of anilines is 1. The van der Waals surface area contributed by atoms with Crippen LogP contribution >= 0.6 is 11.6 Å². The van der Waals surface area contributed by atoms with Gasteiger partial charge in [-0.25, -0.2) is 9.97 Å². The van der Waals surface area contributed by atoms with Crippen LogP contribution in [0, 0.1) is 0 Å². The molecule has 0 aliphatic rings. The van der Waals surface area contributed by atoms with Crippen molar-refractivity contribution < 1.29 is 4.79 Å². The van der Waals surface area contributed by atoms with Crippen LogP contribution < -0.4 is 10.6 Å². The molecule has 0 bridgehead atoms. The number of carbonyl (C=O) groups excluding carboxylic acids is 1. The molecule has 1 unspecified atom stereocenters. The van der Waals surface area contributed by atoms with Crippen molar-refractivity contribution in [2.75, 3.05) is 5.32 Å². The number of rotatable bonds is 6. The van der Waals surface area contributed by atoms with Gasteiger partial charge in [-0.3, -0.25) is 4.79 Å². The summed E-state index contributed by atoms with van der Waals surface area (Å²) in [5.41, 5.74) is 1.29. The normalized spacial score (nSPS) is 11.8. The summed E-state index contributed by atoms with van der Waals surface area (Å²) in [6.07, 6.45) is 3.88. The van der Waals surface area contributed by atoms with Crippen LogP contribution in [0.15, 0.2) is 36.7 Å². The first-order valence-electron chi connectivity index (χ1n) is 7.20. The number of amides is 1. The van der Waals surface area contributed by atoms with Crippen molar-refractivity contribution in [2.24, 2.45) is 0 Å². The molecule has 2 N–H and O–H groups in total. The highest BCUT2D eigenvalue weighted by Gasteiger charge is 2.10. The number of nitrogens with one attached hydrogen (secondary N) is 2. The Balaban J connectivity index is 1.95. The molecular weight excluding hydrogens is 300 g/mol. The zero-order valence-corrected chi connectivity index (χ0v) is 13.4. The fourth-order valence-corrected chi connectivity index (χ4v) is 1.97. The van der Waals surface area contributed by atoms with Gasteiger partial charge >= 0.3 is 0 Å². The van der Waals surface area contributed by atoms with E-state index in [2.05, 4.69) is 20.6 Å². The topological polar surface area (TPSA) is 66.9 Å². The summed E-state index contributed by atoms with van der Waals surface area (Å²) < 4.78 is 0. The van der Waals surface area contributed by atoms with Gasteiger partial charge in [-0.15, -0.1) is 0 Å². The molecule has 1 atom stereocenters. The number of nitrogens with zero attached hydrogens (tertiary/aromatic N) is 2. The Kier molecular flexibility index (Phi) is 5.72. The van der Waals surface area contributed by atoms with Crippen LogP contribution in [0.3, 0.4) is 0 Å². The summed E-state index contributed by atoms with van der Waals surface area (Å²) in [5.74, 6) is 0.388. The van der Waals surface area contributed by atoms with E-state index in [1.165, 1.54) is 6.20 Å². The van der Waals surface area contributed by atoms with E-state index in [0.29, 0.717) is 23.1 Å². The van der Waals surface area contributed by atoms with E-state index in [9.17, 15) is 4.79 Å². The third-order valence-electron chi connectivity index (χ3n) is 3.29. The van der Waals surface area contributed by atoms with Gasteiger partial charge in [-0.05, 0) is 25.0 Å². The van der Waals surface area contributed by atoms with Crippen LogP contribution in [-0.4, -0.2) is 21.9 Å². The maximum atomic E-state index is 11.9. The van der Waals surface area contributed by atoms with E-state index in [0.717, 1.165) is 12.0 Å². The molecule has 0 saturated carbocycles. The van der Waals surface area contributed by atoms with E-state index >= 15 is 0 Å². The lowest BCUT2D eigenvalue weighted by Crippen LogP contribution is -2.32. The smallest absolute Gasteiger partial charge is 0.271 e. The summed E-state index contributed by atoms with van der Waals surface area (Å²) in [5, 5.41) is 6.68. The number of aromatic nitrogens is 2. The SMILES string of the molecule is CCC(C)NC(=O)c1cnc(NCc2ccccc2Cl)cn1. The molecule has 0 fully saturated rings. The molecule has 0 spiro atoms. The molecule has 22 heavy (non-hydrogen) atoms. The second kappa shape index (κ2) is 7.75. The van der Waals surface area contributed by atoms with E-state index < -0.39 is 0 Å². The van der Waals surface area contributed by atoms with Gasteiger partial charge in [0.25, 0.3) is 5.91 Å². The lowest BCUT2D eigenvalue weighted by atomic mass is 10.2. The van der Waals surface area contributed by atoms with Gasteiger partial charge in [-0.1, -0.05) is 36.7 Å². The maximum absolute atomic E-state index is 11.9. The lowest BCUT2D eigenvalue weighted by molar-refractivity contribution is 0.0934. The Bertz CT molecular complexity index is 630. The van der Waals surface area contributed by atoms with E-state index in [1.807, 2.05) is 38.1 Å². The summed E-state index contributed by atoms with van der Waals surface area (Å²) in [7, 11) is 0. The molecule has 0 aliphatic heterocycles. The Morgan fingerprint density at radius 3 is 2.68 bits per heavy atom. The molecule has 1 aromatic carbocycles. The van der Waals surface area contributed by atoms with Gasteiger partial charge < -0.3 is 10.6 Å².